The second kappa shape index (κ2) is 7.89. The van der Waals surface area contributed by atoms with E-state index < -0.39 is 17.7 Å². The number of piperidine rings is 1. The van der Waals surface area contributed by atoms with E-state index in [0.29, 0.717) is 29.9 Å². The second-order valence-corrected chi connectivity index (χ2v) is 8.05. The fraction of sp³-hybridized carbons (Fsp3) is 0.348. The lowest BCUT2D eigenvalue weighted by molar-refractivity contribution is -0.122. The predicted molar refractivity (Wildman–Crippen MR) is 111 cm³/mol. The second-order valence-electron chi connectivity index (χ2n) is 8.05. The smallest absolute Gasteiger partial charge is 0.262 e. The summed E-state index contributed by atoms with van der Waals surface area (Å²) in [4.78, 5) is 40.6. The molecule has 2 aliphatic rings. The highest BCUT2D eigenvalue weighted by Gasteiger charge is 2.37. The van der Waals surface area contributed by atoms with Gasteiger partial charge in [0.2, 0.25) is 5.91 Å². The lowest BCUT2D eigenvalue weighted by atomic mass is 10.0. The van der Waals surface area contributed by atoms with Crippen LogP contribution in [-0.4, -0.2) is 48.3 Å². The third kappa shape index (κ3) is 3.79. The summed E-state index contributed by atoms with van der Waals surface area (Å²) >= 11 is 0. The van der Waals surface area contributed by atoms with E-state index in [1.54, 1.807) is 30.3 Å². The van der Waals surface area contributed by atoms with Crippen molar-refractivity contribution < 1.29 is 18.8 Å². The maximum atomic E-state index is 14.2. The van der Waals surface area contributed by atoms with Crippen LogP contribution in [0, 0.1) is 19.7 Å². The Hall–Kier alpha value is -3.22. The summed E-state index contributed by atoms with van der Waals surface area (Å²) in [6.07, 6.45) is 1.57. The number of halogens is 1. The molecule has 1 saturated heterocycles. The number of nitrogens with one attached hydrogen (secondary N) is 1. The first kappa shape index (κ1) is 20.1. The molecule has 3 amide bonds. The summed E-state index contributed by atoms with van der Waals surface area (Å²) in [5, 5.41) is 2.91. The number of carbonyl (C=O) groups excluding carboxylic acids is 3. The first-order valence-corrected chi connectivity index (χ1v) is 10.1. The quantitative estimate of drug-likeness (QED) is 0.789. The summed E-state index contributed by atoms with van der Waals surface area (Å²) in [5.74, 6) is -1.56. The Morgan fingerprint density at radius 3 is 2.57 bits per heavy atom. The third-order valence-electron chi connectivity index (χ3n) is 5.66. The van der Waals surface area contributed by atoms with Crippen molar-refractivity contribution >= 4 is 23.4 Å². The number of aryl methyl sites for hydroxylation is 2. The number of benzene rings is 2. The minimum absolute atomic E-state index is 0.177. The SMILES string of the molecule is Cc1ccc2c(c1)C(=O)N(CC(=O)NC1CCCN(c3cc(C)ccc3F)C1)C2=O. The van der Waals surface area contributed by atoms with Gasteiger partial charge in [-0.2, -0.15) is 0 Å². The molecule has 0 radical (unpaired) electrons. The summed E-state index contributed by atoms with van der Waals surface area (Å²) in [6, 6.07) is 9.88. The van der Waals surface area contributed by atoms with Gasteiger partial charge >= 0.3 is 0 Å². The normalized spacial score (nSPS) is 18.6. The fourth-order valence-electron chi connectivity index (χ4n) is 4.14. The first-order valence-electron chi connectivity index (χ1n) is 10.1. The van der Waals surface area contributed by atoms with E-state index in [9.17, 15) is 18.8 Å². The molecular weight excluding hydrogens is 385 g/mol. The zero-order chi connectivity index (χ0) is 21.4. The van der Waals surface area contributed by atoms with Crippen molar-refractivity contribution in [2.24, 2.45) is 0 Å². The minimum atomic E-state index is -0.447. The first-order chi connectivity index (χ1) is 14.3. The van der Waals surface area contributed by atoms with Crippen molar-refractivity contribution in [3.63, 3.8) is 0 Å². The van der Waals surface area contributed by atoms with Crippen molar-refractivity contribution in [1.29, 1.82) is 0 Å². The van der Waals surface area contributed by atoms with Gasteiger partial charge < -0.3 is 10.2 Å². The Morgan fingerprint density at radius 1 is 1.07 bits per heavy atom. The van der Waals surface area contributed by atoms with Crippen LogP contribution in [0.4, 0.5) is 10.1 Å². The van der Waals surface area contributed by atoms with Crippen LogP contribution in [0.1, 0.15) is 44.7 Å². The van der Waals surface area contributed by atoms with Crippen molar-refractivity contribution in [2.45, 2.75) is 32.7 Å². The molecule has 2 aliphatic heterocycles. The van der Waals surface area contributed by atoms with Gasteiger partial charge in [-0.25, -0.2) is 4.39 Å². The van der Waals surface area contributed by atoms with Gasteiger partial charge in [-0.1, -0.05) is 17.7 Å². The molecule has 4 rings (SSSR count). The molecule has 2 heterocycles. The molecule has 0 bridgehead atoms. The zero-order valence-corrected chi connectivity index (χ0v) is 17.1. The number of rotatable bonds is 4. The minimum Gasteiger partial charge on any atom is -0.367 e. The Labute approximate surface area is 174 Å². The van der Waals surface area contributed by atoms with E-state index in [1.165, 1.54) is 6.07 Å². The van der Waals surface area contributed by atoms with E-state index in [4.69, 9.17) is 0 Å². The standard InChI is InChI=1S/C23H24FN3O3/c1-14-5-7-17-18(10-14)23(30)27(22(17)29)13-21(28)25-16-4-3-9-26(12-16)20-11-15(2)6-8-19(20)24/h5-8,10-11,16H,3-4,9,12-13H2,1-2H3,(H,25,28). The van der Waals surface area contributed by atoms with Gasteiger partial charge in [-0.15, -0.1) is 0 Å². The van der Waals surface area contributed by atoms with Gasteiger partial charge in [-0.3, -0.25) is 19.3 Å². The zero-order valence-electron chi connectivity index (χ0n) is 17.1. The summed E-state index contributed by atoms with van der Waals surface area (Å²) < 4.78 is 14.2. The molecule has 156 valence electrons. The van der Waals surface area contributed by atoms with E-state index >= 15 is 0 Å². The molecule has 1 unspecified atom stereocenters. The van der Waals surface area contributed by atoms with Crippen LogP contribution in [0.5, 0.6) is 0 Å². The molecule has 2 aromatic rings. The molecular formula is C23H24FN3O3. The van der Waals surface area contributed by atoms with Gasteiger partial charge in [0.25, 0.3) is 11.8 Å². The number of anilines is 1. The molecule has 2 aromatic carbocycles. The maximum absolute atomic E-state index is 14.2. The van der Waals surface area contributed by atoms with E-state index in [1.807, 2.05) is 18.7 Å². The summed E-state index contributed by atoms with van der Waals surface area (Å²) in [7, 11) is 0. The van der Waals surface area contributed by atoms with Gasteiger partial charge in [0, 0.05) is 19.1 Å². The van der Waals surface area contributed by atoms with E-state index in [0.717, 1.165) is 28.9 Å². The lowest BCUT2D eigenvalue weighted by Crippen LogP contribution is -2.50. The highest BCUT2D eigenvalue weighted by molar-refractivity contribution is 6.22. The predicted octanol–water partition coefficient (Wildman–Crippen LogP) is 2.82. The Morgan fingerprint density at radius 2 is 1.77 bits per heavy atom. The molecule has 7 heteroatoms. The molecule has 0 aliphatic carbocycles. The van der Waals surface area contributed by atoms with Crippen molar-refractivity contribution in [3.8, 4) is 0 Å². The van der Waals surface area contributed by atoms with Crippen molar-refractivity contribution in [2.75, 3.05) is 24.5 Å². The van der Waals surface area contributed by atoms with Crippen LogP contribution in [0.2, 0.25) is 0 Å². The number of amides is 3. The molecule has 0 aromatic heterocycles. The number of imide groups is 1. The molecule has 6 nitrogen and oxygen atoms in total. The van der Waals surface area contributed by atoms with Crippen LogP contribution in [0.3, 0.4) is 0 Å². The van der Waals surface area contributed by atoms with Gasteiger partial charge in [0.1, 0.15) is 12.4 Å². The third-order valence-corrected chi connectivity index (χ3v) is 5.66. The number of fused-ring (bicyclic) bond motifs is 1. The van der Waals surface area contributed by atoms with Crippen LogP contribution in [0.25, 0.3) is 0 Å². The topological polar surface area (TPSA) is 69.7 Å². The van der Waals surface area contributed by atoms with Crippen molar-refractivity contribution in [1.82, 2.24) is 10.2 Å². The summed E-state index contributed by atoms with van der Waals surface area (Å²) in [6.45, 7) is 4.63. The van der Waals surface area contributed by atoms with E-state index in [-0.39, 0.29) is 18.4 Å². The van der Waals surface area contributed by atoms with Crippen molar-refractivity contribution in [3.05, 3.63) is 64.5 Å². The van der Waals surface area contributed by atoms with Crippen LogP contribution in [-0.2, 0) is 4.79 Å². The Balaban J connectivity index is 1.40. The van der Waals surface area contributed by atoms with Gasteiger partial charge in [0.05, 0.1) is 16.8 Å². The summed E-state index contributed by atoms with van der Waals surface area (Å²) in [5.41, 5.74) is 3.05. The number of hydrogen-bond acceptors (Lipinski definition) is 4. The van der Waals surface area contributed by atoms with Gasteiger partial charge in [-0.05, 0) is 56.5 Å². The highest BCUT2D eigenvalue weighted by atomic mass is 19.1. The number of hydrogen-bond donors (Lipinski definition) is 1. The monoisotopic (exact) mass is 409 g/mol. The van der Waals surface area contributed by atoms with Crippen LogP contribution in [0.15, 0.2) is 36.4 Å². The van der Waals surface area contributed by atoms with Gasteiger partial charge in [0.15, 0.2) is 0 Å². The largest absolute Gasteiger partial charge is 0.367 e. The average molecular weight is 409 g/mol. The Bertz CT molecular complexity index is 1040. The number of nitrogens with zero attached hydrogens (tertiary/aromatic N) is 2. The van der Waals surface area contributed by atoms with E-state index in [2.05, 4.69) is 5.32 Å². The Kier molecular flexibility index (Phi) is 5.28. The maximum Gasteiger partial charge on any atom is 0.262 e. The molecule has 1 N–H and O–H groups in total. The average Bonchev–Trinajstić information content (AvgIpc) is 2.94. The highest BCUT2D eigenvalue weighted by Crippen LogP contribution is 2.25. The van der Waals surface area contributed by atoms with Crippen LogP contribution >= 0.6 is 0 Å². The van der Waals surface area contributed by atoms with Crippen LogP contribution < -0.4 is 10.2 Å². The molecule has 0 spiro atoms. The molecule has 1 fully saturated rings. The number of carbonyl (C=O) groups is 3. The fourth-order valence-corrected chi connectivity index (χ4v) is 4.14. The molecule has 1 atom stereocenters. The molecule has 0 saturated carbocycles. The molecule has 30 heavy (non-hydrogen) atoms. The lowest BCUT2D eigenvalue weighted by Gasteiger charge is -2.35.